The first kappa shape index (κ1) is 28.9. The van der Waals surface area contributed by atoms with Crippen molar-refractivity contribution in [3.63, 3.8) is 0 Å². The Kier molecular flexibility index (Phi) is 8.25. The number of hydrogen-bond acceptors (Lipinski definition) is 4. The van der Waals surface area contributed by atoms with E-state index in [1.54, 1.807) is 0 Å². The van der Waals surface area contributed by atoms with Crippen LogP contribution in [0, 0.1) is 0 Å². The van der Waals surface area contributed by atoms with Crippen LogP contribution in [0.4, 0.5) is 34.1 Å². The molecule has 0 fully saturated rings. The van der Waals surface area contributed by atoms with E-state index in [2.05, 4.69) is 194 Å². The molecule has 2 aliphatic heterocycles. The molecule has 0 saturated carbocycles. The van der Waals surface area contributed by atoms with Crippen molar-refractivity contribution < 1.29 is 10.8 Å². The van der Waals surface area contributed by atoms with Crippen LogP contribution >= 0.6 is 39.0 Å². The Labute approximate surface area is 282 Å². The summed E-state index contributed by atoms with van der Waals surface area (Å²) in [5.41, 5.74) is 10.0. The second-order valence-electron chi connectivity index (χ2n) is 10.9. The minimum absolute atomic E-state index is 0.806. The molecule has 0 N–H and O–H groups in total. The number of para-hydroxylation sites is 4. The van der Waals surface area contributed by atoms with E-state index in [0.717, 1.165) is 24.1 Å². The summed E-state index contributed by atoms with van der Waals surface area (Å²) in [7, 11) is 5.25. The number of nitrogens with zero attached hydrogens (tertiary/aromatic N) is 4. The van der Waals surface area contributed by atoms with Crippen LogP contribution in [0.5, 0.6) is 0 Å². The minimum atomic E-state index is 0.806. The third-order valence-electron chi connectivity index (χ3n) is 8.52. The van der Waals surface area contributed by atoms with Crippen molar-refractivity contribution in [2.45, 2.75) is 0 Å². The van der Waals surface area contributed by atoms with Crippen LogP contribution in [0.2, 0.25) is 0 Å². The van der Waals surface area contributed by atoms with Gasteiger partial charge >= 0.3 is 49.8 Å². The van der Waals surface area contributed by atoms with E-state index >= 15 is 0 Å². The normalized spacial score (nSPS) is 13.9. The fourth-order valence-electron chi connectivity index (χ4n) is 6.67. The molecule has 0 atom stereocenters. The molecular weight excluding hydrogens is 849 g/mol. The predicted octanol–water partition coefficient (Wildman–Crippen LogP) is 10.5. The molecule has 8 rings (SSSR count). The number of fused-ring (bicyclic) bond motifs is 4. The van der Waals surface area contributed by atoms with Crippen molar-refractivity contribution in [2.75, 3.05) is 47.0 Å². The third kappa shape index (κ3) is 5.08. The molecule has 0 unspecified atom stereocenters. The van der Waals surface area contributed by atoms with E-state index in [9.17, 15) is 0 Å². The molecule has 0 radical (unpaired) electrons. The summed E-state index contributed by atoms with van der Waals surface area (Å²) >= 11 is 4.65. The zero-order valence-electron chi connectivity index (χ0n) is 23.8. The number of benzene rings is 6. The monoisotopic (exact) mass is 878 g/mol. The van der Waals surface area contributed by atoms with Gasteiger partial charge in [-0.2, -0.15) is 0 Å². The number of hydrogen-bond donors (Lipinski definition) is 0. The Morgan fingerprint density at radius 1 is 0.442 bits per heavy atom. The van der Waals surface area contributed by atoms with Gasteiger partial charge in [0.1, 0.15) is 0 Å². The van der Waals surface area contributed by atoms with Crippen molar-refractivity contribution in [3.8, 4) is 11.1 Å². The fourth-order valence-corrected chi connectivity index (χ4v) is 6.67. The molecule has 0 aromatic heterocycles. The molecule has 7 heteroatoms. The molecule has 0 amide bonds. The molecule has 4 nitrogen and oxygen atoms in total. The molecule has 6 aromatic carbocycles. The van der Waals surface area contributed by atoms with Gasteiger partial charge < -0.3 is 19.6 Å². The van der Waals surface area contributed by atoms with Crippen molar-refractivity contribution in [3.05, 3.63) is 121 Å². The maximum absolute atomic E-state index is 2.48. The molecule has 0 aliphatic carbocycles. The average molecular weight is 879 g/mol. The van der Waals surface area contributed by atoms with E-state index in [-0.39, 0.29) is 0 Å². The van der Waals surface area contributed by atoms with E-state index in [0.29, 0.717) is 0 Å². The first-order chi connectivity index (χ1) is 21.1. The van der Waals surface area contributed by atoms with Gasteiger partial charge in [0.05, 0.1) is 47.5 Å². The molecular formula is C36H30I2N4Pd. The SMILES string of the molecule is CN1CN(c2ccc3ccccc3c2-c2c(N3CN(C)c4ccccc43)ccc3ccccc23)c2ccccc21.[I][Pd][I]. The van der Waals surface area contributed by atoms with Gasteiger partial charge in [0, 0.05) is 25.2 Å². The molecule has 2 heterocycles. The van der Waals surface area contributed by atoms with Gasteiger partial charge in [0.25, 0.3) is 0 Å². The van der Waals surface area contributed by atoms with E-state index in [1.165, 1.54) is 66.8 Å². The van der Waals surface area contributed by atoms with E-state index in [1.807, 2.05) is 0 Å². The number of anilines is 6. The molecule has 0 bridgehead atoms. The quantitative estimate of drug-likeness (QED) is 0.130. The van der Waals surface area contributed by atoms with Crippen molar-refractivity contribution in [1.29, 1.82) is 0 Å². The van der Waals surface area contributed by atoms with Crippen LogP contribution < -0.4 is 19.6 Å². The second kappa shape index (κ2) is 12.3. The van der Waals surface area contributed by atoms with Crippen LogP contribution in [0.1, 0.15) is 0 Å². The van der Waals surface area contributed by atoms with Crippen molar-refractivity contribution >= 4 is 94.7 Å². The molecule has 0 spiro atoms. The fraction of sp³-hybridized carbons (Fsp3) is 0.111. The Hall–Kier alpha value is -2.84. The van der Waals surface area contributed by atoms with Gasteiger partial charge in [-0.15, -0.1) is 0 Å². The van der Waals surface area contributed by atoms with Crippen LogP contribution in [-0.4, -0.2) is 27.4 Å². The summed E-state index contributed by atoms with van der Waals surface area (Å²) in [5, 5.41) is 5.04. The van der Waals surface area contributed by atoms with Gasteiger partial charge in [0.15, 0.2) is 0 Å². The van der Waals surface area contributed by atoms with Crippen LogP contribution in [0.15, 0.2) is 121 Å². The summed E-state index contributed by atoms with van der Waals surface area (Å²) in [6, 6.07) is 44.3. The topological polar surface area (TPSA) is 13.0 Å². The number of halogens is 2. The Morgan fingerprint density at radius 2 is 0.791 bits per heavy atom. The van der Waals surface area contributed by atoms with Gasteiger partial charge in [0.2, 0.25) is 0 Å². The van der Waals surface area contributed by atoms with Crippen molar-refractivity contribution in [1.82, 2.24) is 0 Å². The first-order valence-corrected chi connectivity index (χ1v) is 23.4. The van der Waals surface area contributed by atoms with Crippen LogP contribution in [0.3, 0.4) is 0 Å². The van der Waals surface area contributed by atoms with Gasteiger partial charge in [-0.3, -0.25) is 0 Å². The van der Waals surface area contributed by atoms with Crippen molar-refractivity contribution in [2.24, 2.45) is 0 Å². The van der Waals surface area contributed by atoms with E-state index in [4.69, 9.17) is 0 Å². The molecule has 218 valence electrons. The molecule has 2 aliphatic rings. The van der Waals surface area contributed by atoms with Gasteiger partial charge in [-0.25, -0.2) is 0 Å². The standard InChI is InChI=1S/C36H30N4.2HI.Pd/c1-37-23-39(31-17-9-7-15-29(31)37)33-21-19-25-11-3-5-13-27(25)35(33)36-28-14-6-4-12-26(28)20-22-34(36)40-24-38(2)30-16-8-10-18-32(30)40;;;/h3-22H,23-24H2,1-2H3;2*1H;/q;;;+2/p-2. The molecule has 6 aromatic rings. The Morgan fingerprint density at radius 3 is 1.21 bits per heavy atom. The third-order valence-corrected chi connectivity index (χ3v) is 8.52. The summed E-state index contributed by atoms with van der Waals surface area (Å²) < 4.78 is 0. The molecule has 0 saturated heterocycles. The number of rotatable bonds is 3. The summed E-state index contributed by atoms with van der Waals surface area (Å²) in [6.07, 6.45) is 0. The summed E-state index contributed by atoms with van der Waals surface area (Å²) in [6.45, 7) is 1.61. The average Bonchev–Trinajstić information content (AvgIpc) is 3.57. The summed E-state index contributed by atoms with van der Waals surface area (Å²) in [4.78, 5) is 9.63. The Balaban J connectivity index is 0.000000963. The maximum atomic E-state index is 2.48. The van der Waals surface area contributed by atoms with Crippen LogP contribution in [0.25, 0.3) is 32.7 Å². The van der Waals surface area contributed by atoms with Gasteiger partial charge in [-0.05, 0) is 57.9 Å². The predicted molar refractivity (Wildman–Crippen MR) is 199 cm³/mol. The van der Waals surface area contributed by atoms with Gasteiger partial charge in [-0.1, -0.05) is 84.9 Å². The summed E-state index contributed by atoms with van der Waals surface area (Å²) in [5.74, 6) is 0. The zero-order valence-corrected chi connectivity index (χ0v) is 29.7. The molecule has 43 heavy (non-hydrogen) atoms. The zero-order chi connectivity index (χ0) is 29.5. The first-order valence-electron chi connectivity index (χ1n) is 14.1. The Bertz CT molecular complexity index is 1820. The second-order valence-corrected chi connectivity index (χ2v) is 22.9. The van der Waals surface area contributed by atoms with E-state index < -0.39 is 0 Å². The van der Waals surface area contributed by atoms with Crippen LogP contribution in [-0.2, 0) is 10.8 Å².